The highest BCUT2D eigenvalue weighted by molar-refractivity contribution is 5.94. The third kappa shape index (κ3) is 4.88. The number of carbonyl (C=O) groups is 1. The van der Waals surface area contributed by atoms with E-state index in [-0.39, 0.29) is 0 Å². The smallest absolute Gasteiger partial charge is 0.338 e. The van der Waals surface area contributed by atoms with Gasteiger partial charge in [-0.15, -0.1) is 0 Å². The van der Waals surface area contributed by atoms with E-state index in [1.54, 1.807) is 13.0 Å². The number of hydrogen-bond donors (Lipinski definition) is 0. The minimum atomic E-state index is -0.392. The zero-order chi connectivity index (χ0) is 15.1. The topological polar surface area (TPSA) is 26.3 Å². The Morgan fingerprint density at radius 2 is 1.60 bits per heavy atom. The number of ether oxygens (including phenoxy) is 1. The van der Waals surface area contributed by atoms with Crippen molar-refractivity contribution in [3.63, 3.8) is 0 Å². The summed E-state index contributed by atoms with van der Waals surface area (Å²) in [6, 6.07) is 13.4. The van der Waals surface area contributed by atoms with E-state index in [0.29, 0.717) is 11.3 Å². The highest BCUT2D eigenvalue weighted by Gasteiger charge is 2.07. The molecule has 0 amide bonds. The first kappa shape index (κ1) is 16.0. The van der Waals surface area contributed by atoms with E-state index < -0.39 is 5.97 Å². The molecule has 2 aromatic rings. The Hall–Kier alpha value is -2.09. The normalized spacial score (nSPS) is 9.85. The molecule has 0 N–H and O–H groups in total. The van der Waals surface area contributed by atoms with Crippen LogP contribution in [0, 0.1) is 5.92 Å². The zero-order valence-corrected chi connectivity index (χ0v) is 12.6. The Morgan fingerprint density at radius 3 is 2.20 bits per heavy atom. The summed E-state index contributed by atoms with van der Waals surface area (Å²) in [5.41, 5.74) is 0.396. The maximum atomic E-state index is 11.4. The molecule has 0 fully saturated rings. The molecule has 20 heavy (non-hydrogen) atoms. The van der Waals surface area contributed by atoms with Crippen molar-refractivity contribution in [2.45, 2.75) is 27.7 Å². The van der Waals surface area contributed by atoms with Gasteiger partial charge in [-0.3, -0.25) is 0 Å². The molecule has 0 heterocycles. The molecule has 0 aliphatic heterocycles. The molecular formula is C18H22O2. The minimum absolute atomic E-state index is 0.392. The van der Waals surface area contributed by atoms with Crippen LogP contribution < -0.4 is 4.74 Å². The molecule has 0 bridgehead atoms. The fourth-order valence-electron chi connectivity index (χ4n) is 1.47. The largest absolute Gasteiger partial charge is 0.423 e. The lowest BCUT2D eigenvalue weighted by Gasteiger charge is -2.06. The summed E-state index contributed by atoms with van der Waals surface area (Å²) in [4.78, 5) is 11.4. The van der Waals surface area contributed by atoms with Gasteiger partial charge in [-0.05, 0) is 24.3 Å². The SMILES string of the molecule is C=C(C)C(=O)Oc1cccc2ccccc12.CC(C)C. The Kier molecular flexibility index (Phi) is 5.98. The molecule has 0 saturated heterocycles. The summed E-state index contributed by atoms with van der Waals surface area (Å²) in [5, 5.41) is 1.98. The van der Waals surface area contributed by atoms with Crippen LogP contribution in [0.15, 0.2) is 54.6 Å². The summed E-state index contributed by atoms with van der Waals surface area (Å²) >= 11 is 0. The lowest BCUT2D eigenvalue weighted by molar-refractivity contribution is -0.129. The van der Waals surface area contributed by atoms with Crippen LogP contribution >= 0.6 is 0 Å². The molecule has 0 aliphatic carbocycles. The molecule has 0 unspecified atom stereocenters. The first-order chi connectivity index (χ1) is 9.41. The number of esters is 1. The third-order valence-electron chi connectivity index (χ3n) is 2.30. The molecule has 0 saturated carbocycles. The van der Waals surface area contributed by atoms with Crippen molar-refractivity contribution < 1.29 is 9.53 Å². The van der Waals surface area contributed by atoms with Gasteiger partial charge in [0.15, 0.2) is 0 Å². The van der Waals surface area contributed by atoms with E-state index in [4.69, 9.17) is 4.74 Å². The fraction of sp³-hybridized carbons (Fsp3) is 0.278. The molecule has 2 aromatic carbocycles. The van der Waals surface area contributed by atoms with Crippen LogP contribution in [0.4, 0.5) is 0 Å². The van der Waals surface area contributed by atoms with Gasteiger partial charge in [0.05, 0.1) is 0 Å². The summed E-state index contributed by atoms with van der Waals surface area (Å²) in [6.45, 7) is 11.7. The Morgan fingerprint density at radius 1 is 1.05 bits per heavy atom. The third-order valence-corrected chi connectivity index (χ3v) is 2.30. The maximum Gasteiger partial charge on any atom is 0.338 e. The van der Waals surface area contributed by atoms with Gasteiger partial charge in [0.2, 0.25) is 0 Å². The van der Waals surface area contributed by atoms with Crippen molar-refractivity contribution in [1.29, 1.82) is 0 Å². The molecule has 2 heteroatoms. The average molecular weight is 270 g/mol. The second-order valence-electron chi connectivity index (χ2n) is 5.38. The zero-order valence-electron chi connectivity index (χ0n) is 12.6. The van der Waals surface area contributed by atoms with Crippen LogP contribution in [-0.4, -0.2) is 5.97 Å². The minimum Gasteiger partial charge on any atom is -0.423 e. The summed E-state index contributed by atoms with van der Waals surface area (Å²) in [6.07, 6.45) is 0. The van der Waals surface area contributed by atoms with E-state index in [9.17, 15) is 4.79 Å². The molecule has 2 nitrogen and oxygen atoms in total. The quantitative estimate of drug-likeness (QED) is 0.437. The van der Waals surface area contributed by atoms with Crippen LogP contribution in [0.25, 0.3) is 10.8 Å². The van der Waals surface area contributed by atoms with Crippen LogP contribution in [0.3, 0.4) is 0 Å². The molecule has 2 rings (SSSR count). The molecular weight excluding hydrogens is 248 g/mol. The van der Waals surface area contributed by atoms with Crippen LogP contribution in [-0.2, 0) is 4.79 Å². The molecule has 0 radical (unpaired) electrons. The first-order valence-electron chi connectivity index (χ1n) is 6.77. The van der Waals surface area contributed by atoms with Gasteiger partial charge in [0.1, 0.15) is 5.75 Å². The maximum absolute atomic E-state index is 11.4. The Bertz CT molecular complexity index is 589. The van der Waals surface area contributed by atoms with Crippen molar-refractivity contribution in [3.05, 3.63) is 54.6 Å². The fourth-order valence-corrected chi connectivity index (χ4v) is 1.47. The molecule has 106 valence electrons. The van der Waals surface area contributed by atoms with E-state index in [0.717, 1.165) is 16.7 Å². The Labute approximate surface area is 121 Å². The van der Waals surface area contributed by atoms with E-state index in [2.05, 4.69) is 27.4 Å². The lowest BCUT2D eigenvalue weighted by atomic mass is 10.1. The number of hydrogen-bond acceptors (Lipinski definition) is 2. The standard InChI is InChI=1S/C14H12O2.C4H10/c1-10(2)14(15)16-13-9-5-7-11-6-3-4-8-12(11)13;1-4(2)3/h3-9H,1H2,2H3;4H,1-3H3. The second-order valence-corrected chi connectivity index (χ2v) is 5.38. The van der Waals surface area contributed by atoms with Gasteiger partial charge in [0.25, 0.3) is 0 Å². The van der Waals surface area contributed by atoms with Gasteiger partial charge in [-0.2, -0.15) is 0 Å². The van der Waals surface area contributed by atoms with E-state index in [1.165, 1.54) is 0 Å². The van der Waals surface area contributed by atoms with Gasteiger partial charge in [0, 0.05) is 11.0 Å². The summed E-state index contributed by atoms with van der Waals surface area (Å²) in [7, 11) is 0. The van der Waals surface area contributed by atoms with Gasteiger partial charge in [-0.25, -0.2) is 4.79 Å². The van der Waals surface area contributed by atoms with Crippen LogP contribution in [0.1, 0.15) is 27.7 Å². The van der Waals surface area contributed by atoms with E-state index >= 15 is 0 Å². The number of carbonyl (C=O) groups excluding carboxylic acids is 1. The monoisotopic (exact) mass is 270 g/mol. The summed E-state index contributed by atoms with van der Waals surface area (Å²) in [5.74, 6) is 1.02. The van der Waals surface area contributed by atoms with Crippen molar-refractivity contribution in [2.75, 3.05) is 0 Å². The number of rotatable bonds is 2. The van der Waals surface area contributed by atoms with Crippen LogP contribution in [0.5, 0.6) is 5.75 Å². The summed E-state index contributed by atoms with van der Waals surface area (Å²) < 4.78 is 5.25. The highest BCUT2D eigenvalue weighted by Crippen LogP contribution is 2.25. The molecule has 0 atom stereocenters. The number of benzene rings is 2. The molecule has 0 aliphatic rings. The van der Waals surface area contributed by atoms with E-state index in [1.807, 2.05) is 36.4 Å². The van der Waals surface area contributed by atoms with Crippen molar-refractivity contribution in [1.82, 2.24) is 0 Å². The predicted octanol–water partition coefficient (Wildman–Crippen LogP) is 4.98. The Balaban J connectivity index is 0.000000444. The first-order valence-corrected chi connectivity index (χ1v) is 6.77. The molecule has 0 spiro atoms. The lowest BCUT2D eigenvalue weighted by Crippen LogP contribution is -2.08. The van der Waals surface area contributed by atoms with Gasteiger partial charge < -0.3 is 4.74 Å². The predicted molar refractivity (Wildman–Crippen MR) is 84.9 cm³/mol. The van der Waals surface area contributed by atoms with Crippen molar-refractivity contribution >= 4 is 16.7 Å². The van der Waals surface area contributed by atoms with Gasteiger partial charge in [-0.1, -0.05) is 63.7 Å². The van der Waals surface area contributed by atoms with Crippen LogP contribution in [0.2, 0.25) is 0 Å². The highest BCUT2D eigenvalue weighted by atomic mass is 16.5. The average Bonchev–Trinajstić information content (AvgIpc) is 2.38. The molecule has 0 aromatic heterocycles. The number of fused-ring (bicyclic) bond motifs is 1. The van der Waals surface area contributed by atoms with Crippen molar-refractivity contribution in [2.24, 2.45) is 5.92 Å². The van der Waals surface area contributed by atoms with Gasteiger partial charge >= 0.3 is 5.97 Å². The van der Waals surface area contributed by atoms with Crippen molar-refractivity contribution in [3.8, 4) is 5.75 Å². The second kappa shape index (κ2) is 7.49.